The number of hydrogen-bond acceptors (Lipinski definition) is 6. The van der Waals surface area contributed by atoms with E-state index in [1.807, 2.05) is 0 Å². The number of aromatic nitrogens is 2. The standard InChI is InChI=1S/C14H23ClN4O2/c1-3-4-5-11-12(15)17-14(16)18-13(11)19-6-7-21-10(8-19)9-20-2/h10H,3-9H2,1-2H3,(H2,16,17,18). The van der Waals surface area contributed by atoms with Gasteiger partial charge in [-0.25, -0.2) is 4.98 Å². The highest BCUT2D eigenvalue weighted by molar-refractivity contribution is 6.30. The van der Waals surface area contributed by atoms with E-state index in [9.17, 15) is 0 Å². The Balaban J connectivity index is 2.23. The maximum Gasteiger partial charge on any atom is 0.223 e. The number of nitrogen functional groups attached to an aromatic ring is 1. The molecule has 1 unspecified atom stereocenters. The Hall–Kier alpha value is -1.11. The summed E-state index contributed by atoms with van der Waals surface area (Å²) in [5.74, 6) is 1.05. The van der Waals surface area contributed by atoms with Gasteiger partial charge in [-0.05, 0) is 12.8 Å². The molecule has 2 heterocycles. The smallest absolute Gasteiger partial charge is 0.223 e. The van der Waals surface area contributed by atoms with Gasteiger partial charge in [-0.1, -0.05) is 24.9 Å². The average Bonchev–Trinajstić information content (AvgIpc) is 2.46. The lowest BCUT2D eigenvalue weighted by Crippen LogP contribution is -2.45. The van der Waals surface area contributed by atoms with Crippen molar-refractivity contribution in [1.82, 2.24) is 9.97 Å². The van der Waals surface area contributed by atoms with Crippen LogP contribution in [0.3, 0.4) is 0 Å². The molecule has 1 atom stereocenters. The third-order valence-electron chi connectivity index (χ3n) is 3.52. The van der Waals surface area contributed by atoms with Crippen molar-refractivity contribution < 1.29 is 9.47 Å². The molecule has 0 saturated carbocycles. The zero-order valence-corrected chi connectivity index (χ0v) is 13.4. The van der Waals surface area contributed by atoms with Crippen LogP contribution in [-0.4, -0.2) is 49.5 Å². The van der Waals surface area contributed by atoms with Crippen LogP contribution in [0.25, 0.3) is 0 Å². The normalized spacial score (nSPS) is 19.0. The van der Waals surface area contributed by atoms with E-state index >= 15 is 0 Å². The van der Waals surface area contributed by atoms with E-state index in [2.05, 4.69) is 21.8 Å². The third kappa shape index (κ3) is 4.18. The molecule has 7 heteroatoms. The maximum absolute atomic E-state index is 6.27. The summed E-state index contributed by atoms with van der Waals surface area (Å²) in [5.41, 5.74) is 6.75. The van der Waals surface area contributed by atoms with Crippen molar-refractivity contribution in [3.05, 3.63) is 10.7 Å². The van der Waals surface area contributed by atoms with Crippen molar-refractivity contribution in [3.8, 4) is 0 Å². The summed E-state index contributed by atoms with van der Waals surface area (Å²) < 4.78 is 10.9. The lowest BCUT2D eigenvalue weighted by molar-refractivity contribution is -0.0102. The molecule has 1 aromatic rings. The number of methoxy groups -OCH3 is 1. The zero-order valence-electron chi connectivity index (χ0n) is 12.6. The molecule has 0 amide bonds. The Morgan fingerprint density at radius 2 is 2.29 bits per heavy atom. The third-order valence-corrected chi connectivity index (χ3v) is 3.84. The van der Waals surface area contributed by atoms with Gasteiger partial charge in [0, 0.05) is 25.8 Å². The number of morpholine rings is 1. The van der Waals surface area contributed by atoms with Crippen LogP contribution in [-0.2, 0) is 15.9 Å². The molecule has 1 aromatic heterocycles. The van der Waals surface area contributed by atoms with E-state index in [0.717, 1.165) is 43.7 Å². The summed E-state index contributed by atoms with van der Waals surface area (Å²) >= 11 is 6.27. The molecule has 0 bridgehead atoms. The topological polar surface area (TPSA) is 73.5 Å². The monoisotopic (exact) mass is 314 g/mol. The number of rotatable bonds is 6. The first-order valence-electron chi connectivity index (χ1n) is 7.33. The molecule has 1 aliphatic heterocycles. The van der Waals surface area contributed by atoms with Gasteiger partial charge < -0.3 is 20.1 Å². The maximum atomic E-state index is 6.27. The molecule has 2 rings (SSSR count). The molecule has 0 spiro atoms. The van der Waals surface area contributed by atoms with Crippen LogP contribution in [0.2, 0.25) is 5.15 Å². The van der Waals surface area contributed by atoms with Gasteiger partial charge in [-0.15, -0.1) is 0 Å². The Kier molecular flexibility index (Phi) is 6.02. The van der Waals surface area contributed by atoms with Gasteiger partial charge in [0.05, 0.1) is 19.3 Å². The van der Waals surface area contributed by atoms with Crippen molar-refractivity contribution >= 4 is 23.4 Å². The van der Waals surface area contributed by atoms with Crippen molar-refractivity contribution in [2.45, 2.75) is 32.3 Å². The molecule has 6 nitrogen and oxygen atoms in total. The highest BCUT2D eigenvalue weighted by Crippen LogP contribution is 2.28. The second-order valence-corrected chi connectivity index (χ2v) is 5.53. The summed E-state index contributed by atoms with van der Waals surface area (Å²) in [6, 6.07) is 0. The van der Waals surface area contributed by atoms with Crippen molar-refractivity contribution in [2.24, 2.45) is 0 Å². The summed E-state index contributed by atoms with van der Waals surface area (Å²) in [6.07, 6.45) is 3.04. The molecule has 0 aromatic carbocycles. The summed E-state index contributed by atoms with van der Waals surface area (Å²) in [4.78, 5) is 10.7. The van der Waals surface area contributed by atoms with Crippen LogP contribution in [0.5, 0.6) is 0 Å². The highest BCUT2D eigenvalue weighted by atomic mass is 35.5. The fraction of sp³-hybridized carbons (Fsp3) is 0.714. The van der Waals surface area contributed by atoms with Gasteiger partial charge in [0.2, 0.25) is 5.95 Å². The number of halogens is 1. The molecule has 1 aliphatic rings. The number of ether oxygens (including phenoxy) is 2. The van der Waals surface area contributed by atoms with E-state index in [-0.39, 0.29) is 12.1 Å². The van der Waals surface area contributed by atoms with Gasteiger partial charge in [0.25, 0.3) is 0 Å². The fourth-order valence-electron chi connectivity index (χ4n) is 2.49. The number of unbranched alkanes of at least 4 members (excludes halogenated alkanes) is 1. The summed E-state index contributed by atoms with van der Waals surface area (Å²) in [5, 5.41) is 0.459. The Labute approximate surface area is 130 Å². The lowest BCUT2D eigenvalue weighted by Gasteiger charge is -2.34. The summed E-state index contributed by atoms with van der Waals surface area (Å²) in [6.45, 7) is 4.85. The minimum atomic E-state index is 0.0396. The van der Waals surface area contributed by atoms with E-state index in [0.29, 0.717) is 18.4 Å². The molecule has 1 saturated heterocycles. The van der Waals surface area contributed by atoms with E-state index < -0.39 is 0 Å². The van der Waals surface area contributed by atoms with Crippen molar-refractivity contribution in [3.63, 3.8) is 0 Å². The first kappa shape index (κ1) is 16.3. The number of hydrogen-bond donors (Lipinski definition) is 1. The minimum Gasteiger partial charge on any atom is -0.382 e. The first-order chi connectivity index (χ1) is 10.2. The van der Waals surface area contributed by atoms with E-state index in [4.69, 9.17) is 26.8 Å². The van der Waals surface area contributed by atoms with E-state index in [1.54, 1.807) is 7.11 Å². The molecular formula is C14H23ClN4O2. The van der Waals surface area contributed by atoms with Crippen LogP contribution in [0.4, 0.5) is 11.8 Å². The average molecular weight is 315 g/mol. The lowest BCUT2D eigenvalue weighted by atomic mass is 10.1. The Morgan fingerprint density at radius 3 is 3.00 bits per heavy atom. The van der Waals surface area contributed by atoms with Gasteiger partial charge in [-0.3, -0.25) is 0 Å². The number of nitrogens with two attached hydrogens (primary N) is 1. The van der Waals surface area contributed by atoms with Crippen LogP contribution >= 0.6 is 11.6 Å². The van der Waals surface area contributed by atoms with Crippen molar-refractivity contribution in [1.29, 1.82) is 0 Å². The molecule has 21 heavy (non-hydrogen) atoms. The quantitative estimate of drug-likeness (QED) is 0.809. The molecular weight excluding hydrogens is 292 g/mol. The van der Waals surface area contributed by atoms with Gasteiger partial charge >= 0.3 is 0 Å². The molecule has 2 N–H and O–H groups in total. The number of nitrogens with zero attached hydrogens (tertiary/aromatic N) is 3. The minimum absolute atomic E-state index is 0.0396. The predicted molar refractivity (Wildman–Crippen MR) is 83.9 cm³/mol. The Morgan fingerprint density at radius 1 is 1.48 bits per heavy atom. The SMILES string of the molecule is CCCCc1c(Cl)nc(N)nc1N1CCOC(COC)C1. The number of anilines is 2. The molecule has 0 aliphatic carbocycles. The largest absolute Gasteiger partial charge is 0.382 e. The molecule has 0 radical (unpaired) electrons. The second kappa shape index (κ2) is 7.77. The first-order valence-corrected chi connectivity index (χ1v) is 7.70. The molecule has 118 valence electrons. The predicted octanol–water partition coefficient (Wildman–Crippen LogP) is 1.91. The van der Waals surface area contributed by atoms with Gasteiger partial charge in [0.15, 0.2) is 0 Å². The van der Waals surface area contributed by atoms with Crippen LogP contribution < -0.4 is 10.6 Å². The zero-order chi connectivity index (χ0) is 15.2. The van der Waals surface area contributed by atoms with E-state index in [1.165, 1.54) is 0 Å². The Bertz CT molecular complexity index is 471. The van der Waals surface area contributed by atoms with Crippen LogP contribution in [0, 0.1) is 0 Å². The van der Waals surface area contributed by atoms with Crippen LogP contribution in [0.1, 0.15) is 25.3 Å². The fourth-order valence-corrected chi connectivity index (χ4v) is 2.76. The second-order valence-electron chi connectivity index (χ2n) is 5.17. The summed E-state index contributed by atoms with van der Waals surface area (Å²) in [7, 11) is 1.68. The van der Waals surface area contributed by atoms with Crippen molar-refractivity contribution in [2.75, 3.05) is 44.0 Å². The van der Waals surface area contributed by atoms with Crippen LogP contribution in [0.15, 0.2) is 0 Å². The van der Waals surface area contributed by atoms with Gasteiger partial charge in [0.1, 0.15) is 11.0 Å². The van der Waals surface area contributed by atoms with Gasteiger partial charge in [-0.2, -0.15) is 4.98 Å². The highest BCUT2D eigenvalue weighted by Gasteiger charge is 2.25. The molecule has 1 fully saturated rings.